The van der Waals surface area contributed by atoms with Crippen LogP contribution in [-0.4, -0.2) is 40.7 Å². The molecule has 3 fully saturated rings. The summed E-state index contributed by atoms with van der Waals surface area (Å²) in [7, 11) is 0. The van der Waals surface area contributed by atoms with Gasteiger partial charge in [-0.2, -0.15) is 13.2 Å². The molecule has 0 aromatic heterocycles. The Labute approximate surface area is 156 Å². The quantitative estimate of drug-likeness (QED) is 0.869. The van der Waals surface area contributed by atoms with Crippen LogP contribution in [0.15, 0.2) is 18.2 Å². The van der Waals surface area contributed by atoms with Crippen LogP contribution in [0.4, 0.5) is 13.2 Å². The van der Waals surface area contributed by atoms with Gasteiger partial charge in [-0.1, -0.05) is 12.1 Å². The van der Waals surface area contributed by atoms with E-state index in [-0.39, 0.29) is 34.7 Å². The molecule has 0 unspecified atom stereocenters. The van der Waals surface area contributed by atoms with Crippen molar-refractivity contribution in [2.45, 2.75) is 57.4 Å². The van der Waals surface area contributed by atoms with Gasteiger partial charge in [-0.15, -0.1) is 0 Å². The minimum Gasteiger partial charge on any atom is -0.490 e. The van der Waals surface area contributed by atoms with Crippen LogP contribution in [0.1, 0.15) is 43.7 Å². The molecule has 4 nitrogen and oxygen atoms in total. The third-order valence-electron chi connectivity index (χ3n) is 6.22. The lowest BCUT2D eigenvalue weighted by Gasteiger charge is -2.59. The summed E-state index contributed by atoms with van der Waals surface area (Å²) in [6.07, 6.45) is -2.32. The minimum absolute atomic E-state index is 0.00515. The summed E-state index contributed by atoms with van der Waals surface area (Å²) in [6.45, 7) is 4.46. The smallest absolute Gasteiger partial charge is 0.420 e. The first kappa shape index (κ1) is 18.6. The second-order valence-electron chi connectivity index (χ2n) is 8.89. The van der Waals surface area contributed by atoms with E-state index in [1.54, 1.807) is 13.0 Å². The zero-order valence-electron chi connectivity index (χ0n) is 15.5. The predicted octanol–water partition coefficient (Wildman–Crippen LogP) is 3.54. The maximum Gasteiger partial charge on any atom is 0.420 e. The van der Waals surface area contributed by atoms with E-state index in [1.165, 1.54) is 19.1 Å². The summed E-state index contributed by atoms with van der Waals surface area (Å²) in [5.41, 5.74) is -1.27. The Balaban J connectivity index is 1.31. The van der Waals surface area contributed by atoms with Gasteiger partial charge in [0.25, 0.3) is 0 Å². The second kappa shape index (κ2) is 5.87. The van der Waals surface area contributed by atoms with Crippen molar-refractivity contribution in [2.75, 3.05) is 13.1 Å². The zero-order chi connectivity index (χ0) is 19.6. The van der Waals surface area contributed by atoms with Crippen molar-refractivity contribution in [2.24, 2.45) is 11.3 Å². The van der Waals surface area contributed by atoms with Crippen molar-refractivity contribution in [3.63, 3.8) is 0 Å². The number of likely N-dealkylation sites (tertiary alicyclic amines) is 1. The van der Waals surface area contributed by atoms with Gasteiger partial charge in [-0.3, -0.25) is 4.79 Å². The summed E-state index contributed by atoms with van der Waals surface area (Å²) in [5, 5.41) is 9.77. The molecule has 0 bridgehead atoms. The van der Waals surface area contributed by atoms with Gasteiger partial charge in [0.2, 0.25) is 5.91 Å². The number of halogens is 3. The second-order valence-corrected chi connectivity index (χ2v) is 8.89. The van der Waals surface area contributed by atoms with Gasteiger partial charge in [0.15, 0.2) is 0 Å². The molecule has 148 valence electrons. The lowest BCUT2D eigenvalue weighted by molar-refractivity contribution is -0.175. The van der Waals surface area contributed by atoms with Crippen molar-refractivity contribution in [1.29, 1.82) is 0 Å². The molecule has 1 aromatic carbocycles. The summed E-state index contributed by atoms with van der Waals surface area (Å²) in [6, 6.07) is 4.39. The Kier molecular flexibility index (Phi) is 4.04. The number of aryl methyl sites for hydroxylation is 1. The van der Waals surface area contributed by atoms with Crippen LogP contribution >= 0.6 is 0 Å². The summed E-state index contributed by atoms with van der Waals surface area (Å²) >= 11 is 0. The Morgan fingerprint density at radius 3 is 2.41 bits per heavy atom. The monoisotopic (exact) mass is 383 g/mol. The molecule has 2 saturated carbocycles. The first-order chi connectivity index (χ1) is 12.5. The van der Waals surface area contributed by atoms with E-state index in [0.717, 1.165) is 0 Å². The number of amides is 1. The van der Waals surface area contributed by atoms with E-state index in [9.17, 15) is 23.1 Å². The summed E-state index contributed by atoms with van der Waals surface area (Å²) in [5.74, 6) is -0.105. The third kappa shape index (κ3) is 3.30. The highest BCUT2D eigenvalue weighted by molar-refractivity contribution is 5.81. The lowest BCUT2D eigenvalue weighted by atomic mass is 9.61. The topological polar surface area (TPSA) is 49.8 Å². The molecule has 27 heavy (non-hydrogen) atoms. The standard InChI is InChI=1S/C20H24F3NO3/c1-12-4-3-5-15(16(12)20(21,22)23)27-14-8-19(9-14)10-24(11-19)17(25)13-6-18(2,26)7-13/h3-5,13-14,26H,6-11H2,1-2H3. The molecule has 1 heterocycles. The number of carbonyl (C=O) groups is 1. The Hall–Kier alpha value is -1.76. The fourth-order valence-electron chi connectivity index (χ4n) is 4.88. The highest BCUT2D eigenvalue weighted by atomic mass is 19.4. The molecule has 1 amide bonds. The van der Waals surface area contributed by atoms with Gasteiger partial charge in [0.05, 0.1) is 5.60 Å². The molecule has 0 radical (unpaired) electrons. The van der Waals surface area contributed by atoms with Gasteiger partial charge in [0, 0.05) is 24.4 Å². The zero-order valence-corrected chi connectivity index (χ0v) is 15.5. The number of rotatable bonds is 3. The maximum absolute atomic E-state index is 13.3. The van der Waals surface area contributed by atoms with Gasteiger partial charge in [-0.05, 0) is 51.2 Å². The summed E-state index contributed by atoms with van der Waals surface area (Å²) in [4.78, 5) is 14.2. The molecule has 1 spiro atoms. The Bertz CT molecular complexity index is 752. The minimum atomic E-state index is -4.44. The number of alkyl halides is 3. The Morgan fingerprint density at radius 1 is 1.22 bits per heavy atom. The predicted molar refractivity (Wildman–Crippen MR) is 92.2 cm³/mol. The first-order valence-electron chi connectivity index (χ1n) is 9.33. The SMILES string of the molecule is Cc1cccc(OC2CC3(C2)CN(C(=O)C2CC(C)(O)C2)C3)c1C(F)(F)F. The molecule has 0 atom stereocenters. The maximum atomic E-state index is 13.3. The molecule has 1 saturated heterocycles. The van der Waals surface area contributed by atoms with Crippen molar-refractivity contribution >= 4 is 5.91 Å². The number of nitrogens with zero attached hydrogens (tertiary/aromatic N) is 1. The highest BCUT2D eigenvalue weighted by Gasteiger charge is 2.57. The normalized spacial score (nSPS) is 29.7. The van der Waals surface area contributed by atoms with E-state index >= 15 is 0 Å². The first-order valence-corrected chi connectivity index (χ1v) is 9.33. The molecule has 2 aliphatic carbocycles. The van der Waals surface area contributed by atoms with Crippen molar-refractivity contribution in [3.05, 3.63) is 29.3 Å². The average molecular weight is 383 g/mol. The van der Waals surface area contributed by atoms with Gasteiger partial charge in [0.1, 0.15) is 17.4 Å². The van der Waals surface area contributed by atoms with Crippen LogP contribution in [0.2, 0.25) is 0 Å². The largest absolute Gasteiger partial charge is 0.490 e. The van der Waals surface area contributed by atoms with E-state index in [1.807, 2.05) is 4.90 Å². The van der Waals surface area contributed by atoms with Crippen LogP contribution in [0.25, 0.3) is 0 Å². The number of hydrogen-bond acceptors (Lipinski definition) is 3. The lowest BCUT2D eigenvalue weighted by Crippen LogP contribution is -2.67. The van der Waals surface area contributed by atoms with Gasteiger partial charge in [-0.25, -0.2) is 0 Å². The van der Waals surface area contributed by atoms with Crippen LogP contribution in [0.3, 0.4) is 0 Å². The number of hydrogen-bond donors (Lipinski definition) is 1. The van der Waals surface area contributed by atoms with Crippen molar-refractivity contribution in [1.82, 2.24) is 4.90 Å². The van der Waals surface area contributed by atoms with Crippen LogP contribution in [0.5, 0.6) is 5.75 Å². The van der Waals surface area contributed by atoms with Gasteiger partial charge >= 0.3 is 6.18 Å². The number of aliphatic hydroxyl groups is 1. The van der Waals surface area contributed by atoms with E-state index in [4.69, 9.17) is 4.74 Å². The fraction of sp³-hybridized carbons (Fsp3) is 0.650. The molecule has 7 heteroatoms. The highest BCUT2D eigenvalue weighted by Crippen LogP contribution is 2.52. The molecule has 3 aliphatic rings. The molecular formula is C20H24F3NO3. The fourth-order valence-corrected chi connectivity index (χ4v) is 4.88. The third-order valence-corrected chi connectivity index (χ3v) is 6.22. The van der Waals surface area contributed by atoms with Crippen molar-refractivity contribution < 1.29 is 27.8 Å². The molecule has 4 rings (SSSR count). The number of ether oxygens (including phenoxy) is 1. The van der Waals surface area contributed by atoms with Crippen LogP contribution in [0, 0.1) is 18.3 Å². The number of benzene rings is 1. The van der Waals surface area contributed by atoms with Crippen LogP contribution in [-0.2, 0) is 11.0 Å². The average Bonchev–Trinajstić information content (AvgIpc) is 2.43. The number of carbonyl (C=O) groups excluding carboxylic acids is 1. The molecule has 1 aromatic rings. The van der Waals surface area contributed by atoms with Gasteiger partial charge < -0.3 is 14.7 Å². The molecular weight excluding hydrogens is 359 g/mol. The van der Waals surface area contributed by atoms with Crippen LogP contribution < -0.4 is 4.74 Å². The summed E-state index contributed by atoms with van der Waals surface area (Å²) < 4.78 is 45.5. The van der Waals surface area contributed by atoms with E-state index in [2.05, 4.69) is 0 Å². The van der Waals surface area contributed by atoms with E-state index in [0.29, 0.717) is 38.8 Å². The van der Waals surface area contributed by atoms with E-state index < -0.39 is 17.3 Å². The molecule has 1 N–H and O–H groups in total. The van der Waals surface area contributed by atoms with Crippen molar-refractivity contribution in [3.8, 4) is 5.75 Å². The Morgan fingerprint density at radius 2 is 1.85 bits per heavy atom. The molecule has 1 aliphatic heterocycles.